The van der Waals surface area contributed by atoms with E-state index in [1.165, 1.54) is 25.9 Å². The number of nitrogens with one attached hydrogen (secondary N) is 1. The second-order valence-electron chi connectivity index (χ2n) is 8.26. The molecule has 0 bridgehead atoms. The summed E-state index contributed by atoms with van der Waals surface area (Å²) in [4.78, 5) is 15.8. The fourth-order valence-electron chi connectivity index (χ4n) is 4.33. The molecule has 0 radical (unpaired) electrons. The number of anilines is 1. The predicted molar refractivity (Wildman–Crippen MR) is 129 cm³/mol. The Hall–Kier alpha value is -3.10. The maximum Gasteiger partial charge on any atom is 0.290 e. The third-order valence-corrected chi connectivity index (χ3v) is 6.03. The zero-order valence-electron chi connectivity index (χ0n) is 19.0. The summed E-state index contributed by atoms with van der Waals surface area (Å²) in [5.74, 6) is 1.50. The second-order valence-corrected chi connectivity index (χ2v) is 8.26. The number of hydrogen-bond acceptors (Lipinski definition) is 7. The summed E-state index contributed by atoms with van der Waals surface area (Å²) >= 11 is 0. The predicted octanol–water partition coefficient (Wildman–Crippen LogP) is 3.77. The van der Waals surface area contributed by atoms with Crippen molar-refractivity contribution in [3.63, 3.8) is 0 Å². The molecule has 8 heteroatoms. The maximum absolute atomic E-state index is 8.36. The van der Waals surface area contributed by atoms with Crippen LogP contribution in [0.4, 0.5) is 5.69 Å². The molecule has 2 N–H and O–H groups in total. The van der Waals surface area contributed by atoms with Gasteiger partial charge >= 0.3 is 0 Å². The van der Waals surface area contributed by atoms with Crippen LogP contribution in [0.2, 0.25) is 0 Å². The van der Waals surface area contributed by atoms with Crippen molar-refractivity contribution in [3.8, 4) is 11.5 Å². The Labute approximate surface area is 193 Å². The largest absolute Gasteiger partial charge is 0.493 e. The van der Waals surface area contributed by atoms with Crippen LogP contribution in [0.3, 0.4) is 0 Å². The highest BCUT2D eigenvalue weighted by atomic mass is 16.5. The number of para-hydroxylation sites is 1. The van der Waals surface area contributed by atoms with Crippen molar-refractivity contribution in [1.82, 2.24) is 9.88 Å². The number of methoxy groups -OCH3 is 1. The summed E-state index contributed by atoms with van der Waals surface area (Å²) < 4.78 is 17.2. The molecule has 2 aromatic carbocycles. The number of rotatable bonds is 8. The van der Waals surface area contributed by atoms with Crippen molar-refractivity contribution in [3.05, 3.63) is 36.4 Å². The Morgan fingerprint density at radius 1 is 1.15 bits per heavy atom. The summed E-state index contributed by atoms with van der Waals surface area (Å²) in [6.07, 6.45) is 3.66. The minimum atomic E-state index is -0.250. The summed E-state index contributed by atoms with van der Waals surface area (Å²) in [5, 5.41) is 12.7. The van der Waals surface area contributed by atoms with Gasteiger partial charge in [-0.15, -0.1) is 0 Å². The molecule has 0 spiro atoms. The molecular weight excluding hydrogens is 422 g/mol. The van der Waals surface area contributed by atoms with Crippen LogP contribution in [0.5, 0.6) is 11.5 Å². The number of likely N-dealkylation sites (tertiary alicyclic amines) is 1. The fourth-order valence-corrected chi connectivity index (χ4v) is 4.33. The highest BCUT2D eigenvalue weighted by Gasteiger charge is 2.21. The lowest BCUT2D eigenvalue weighted by atomic mass is 10.1. The summed E-state index contributed by atoms with van der Waals surface area (Å²) in [5.41, 5.74) is 2.97. The minimum Gasteiger partial charge on any atom is -0.493 e. The van der Waals surface area contributed by atoms with Crippen LogP contribution in [0.1, 0.15) is 19.3 Å². The van der Waals surface area contributed by atoms with Gasteiger partial charge in [0.25, 0.3) is 6.47 Å². The number of carboxylic acid groups (broad SMARTS) is 1. The maximum atomic E-state index is 8.36. The molecule has 2 saturated heterocycles. The van der Waals surface area contributed by atoms with Crippen LogP contribution < -0.4 is 14.8 Å². The lowest BCUT2D eigenvalue weighted by Gasteiger charge is -2.29. The molecule has 2 fully saturated rings. The van der Waals surface area contributed by atoms with Gasteiger partial charge in [-0.3, -0.25) is 4.79 Å². The Morgan fingerprint density at radius 3 is 2.61 bits per heavy atom. The molecule has 0 aliphatic carbocycles. The summed E-state index contributed by atoms with van der Waals surface area (Å²) in [6, 6.07) is 12.6. The third-order valence-electron chi connectivity index (χ3n) is 6.03. The van der Waals surface area contributed by atoms with Crippen molar-refractivity contribution >= 4 is 34.0 Å². The first-order chi connectivity index (χ1) is 16.2. The minimum absolute atomic E-state index is 0.250. The molecule has 176 valence electrons. The van der Waals surface area contributed by atoms with E-state index in [1.807, 2.05) is 24.3 Å². The smallest absolute Gasteiger partial charge is 0.290 e. The molecular formula is C25H31N3O5. The number of pyridine rings is 1. The Kier molecular flexibility index (Phi) is 7.80. The number of fused-ring (bicyclic) bond motifs is 2. The third kappa shape index (κ3) is 5.46. The van der Waals surface area contributed by atoms with Crippen LogP contribution in [-0.2, 0) is 9.53 Å². The van der Waals surface area contributed by atoms with Gasteiger partial charge in [-0.1, -0.05) is 18.2 Å². The van der Waals surface area contributed by atoms with Crippen molar-refractivity contribution < 1.29 is 24.1 Å². The first-order valence-corrected chi connectivity index (χ1v) is 11.4. The summed E-state index contributed by atoms with van der Waals surface area (Å²) in [7, 11) is 1.69. The summed E-state index contributed by atoms with van der Waals surface area (Å²) in [6.45, 7) is 5.42. The average molecular weight is 454 g/mol. The number of ether oxygens (including phenoxy) is 3. The quantitative estimate of drug-likeness (QED) is 0.302. The van der Waals surface area contributed by atoms with Gasteiger partial charge in [0.15, 0.2) is 11.5 Å². The van der Waals surface area contributed by atoms with Gasteiger partial charge in [-0.2, -0.15) is 0 Å². The Balaban J connectivity index is 0.000000821. The zero-order valence-corrected chi connectivity index (χ0v) is 19.0. The van der Waals surface area contributed by atoms with E-state index in [0.29, 0.717) is 12.6 Å². The molecule has 5 rings (SSSR count). The van der Waals surface area contributed by atoms with E-state index >= 15 is 0 Å². The van der Waals surface area contributed by atoms with E-state index in [-0.39, 0.29) is 6.47 Å². The van der Waals surface area contributed by atoms with E-state index in [4.69, 9.17) is 29.1 Å². The Bertz CT molecular complexity index is 1080. The van der Waals surface area contributed by atoms with E-state index in [0.717, 1.165) is 65.2 Å². The first kappa shape index (κ1) is 23.1. The van der Waals surface area contributed by atoms with Crippen molar-refractivity contribution in [2.45, 2.75) is 25.3 Å². The lowest BCUT2D eigenvalue weighted by molar-refractivity contribution is -0.122. The molecule has 0 saturated carbocycles. The van der Waals surface area contributed by atoms with Crippen LogP contribution in [-0.4, -0.2) is 74.1 Å². The number of nitrogens with zero attached hydrogens (tertiary/aromatic N) is 2. The van der Waals surface area contributed by atoms with E-state index in [1.54, 1.807) is 7.11 Å². The van der Waals surface area contributed by atoms with Crippen molar-refractivity contribution in [2.75, 3.05) is 51.9 Å². The van der Waals surface area contributed by atoms with Gasteiger partial charge in [0.05, 0.1) is 49.7 Å². The molecule has 3 heterocycles. The standard InChI is InChI=1S/C24H29N3O3.CH2O2/c1-28-22-13-19-21(14-23(22)30-12-6-11-27-9-4-5-10-27)26-20-8-3-2-7-18(20)24(19)25-17-15-29-16-17;2-1-3/h2-3,7-8,13-14,17H,4-6,9-12,15-16H2,1H3,(H,25,26);1H,(H,2,3). The number of carbonyl (C=O) groups is 1. The van der Waals surface area contributed by atoms with E-state index in [2.05, 4.69) is 22.3 Å². The normalized spacial score (nSPS) is 16.2. The van der Waals surface area contributed by atoms with Crippen LogP contribution >= 0.6 is 0 Å². The topological polar surface area (TPSA) is 93.2 Å². The SMILES string of the molecule is COc1cc2c(NC3COC3)c3ccccc3nc2cc1OCCCN1CCCC1.O=CO. The molecule has 0 atom stereocenters. The molecule has 0 unspecified atom stereocenters. The van der Waals surface area contributed by atoms with E-state index in [9.17, 15) is 0 Å². The molecule has 8 nitrogen and oxygen atoms in total. The number of hydrogen-bond donors (Lipinski definition) is 2. The molecule has 2 aliphatic rings. The fraction of sp³-hybridized carbons (Fsp3) is 0.440. The molecule has 3 aromatic rings. The van der Waals surface area contributed by atoms with Crippen LogP contribution in [0.15, 0.2) is 36.4 Å². The number of benzene rings is 2. The highest BCUT2D eigenvalue weighted by Crippen LogP contribution is 2.38. The molecule has 0 amide bonds. The van der Waals surface area contributed by atoms with E-state index < -0.39 is 0 Å². The van der Waals surface area contributed by atoms with Crippen LogP contribution in [0.25, 0.3) is 21.8 Å². The lowest BCUT2D eigenvalue weighted by Crippen LogP contribution is -2.40. The Morgan fingerprint density at radius 2 is 1.91 bits per heavy atom. The molecule has 2 aliphatic heterocycles. The van der Waals surface area contributed by atoms with Gasteiger partial charge in [-0.25, -0.2) is 4.98 Å². The van der Waals surface area contributed by atoms with Gasteiger partial charge in [0.2, 0.25) is 0 Å². The van der Waals surface area contributed by atoms with Crippen molar-refractivity contribution in [2.24, 2.45) is 0 Å². The zero-order chi connectivity index (χ0) is 23.0. The van der Waals surface area contributed by atoms with Gasteiger partial charge in [0, 0.05) is 23.4 Å². The highest BCUT2D eigenvalue weighted by molar-refractivity contribution is 6.08. The van der Waals surface area contributed by atoms with Gasteiger partial charge in [-0.05, 0) is 44.5 Å². The molecule has 1 aromatic heterocycles. The first-order valence-electron chi connectivity index (χ1n) is 11.4. The second kappa shape index (κ2) is 11.2. The molecule has 33 heavy (non-hydrogen) atoms. The van der Waals surface area contributed by atoms with Crippen LogP contribution in [0, 0.1) is 0 Å². The average Bonchev–Trinajstić information content (AvgIpc) is 3.32. The van der Waals surface area contributed by atoms with Crippen molar-refractivity contribution in [1.29, 1.82) is 0 Å². The number of aromatic nitrogens is 1. The van der Waals surface area contributed by atoms with Gasteiger partial charge in [0.1, 0.15) is 0 Å². The monoisotopic (exact) mass is 453 g/mol. The van der Waals surface area contributed by atoms with Gasteiger partial charge < -0.3 is 29.5 Å².